The molecule has 0 aliphatic carbocycles. The third kappa shape index (κ3) is 5.80. The van der Waals surface area contributed by atoms with E-state index in [1.54, 1.807) is 6.92 Å². The second-order valence-electron chi connectivity index (χ2n) is 4.20. The summed E-state index contributed by atoms with van der Waals surface area (Å²) < 4.78 is 5.24. The Bertz CT molecular complexity index is 504. The van der Waals surface area contributed by atoms with E-state index in [1.165, 1.54) is 0 Å². The number of alkyl halides is 1. The van der Waals surface area contributed by atoms with Gasteiger partial charge in [0.1, 0.15) is 5.02 Å². The molecule has 3 N–H and O–H groups in total. The first kappa shape index (κ1) is 18.2. The molecule has 7 nitrogen and oxygen atoms in total. The van der Waals surface area contributed by atoms with E-state index < -0.39 is 12.1 Å². The molecule has 2 atom stereocenters. The van der Waals surface area contributed by atoms with Crippen LogP contribution in [0.1, 0.15) is 17.4 Å². The van der Waals surface area contributed by atoms with Crippen LogP contribution in [0.4, 0.5) is 5.82 Å². The van der Waals surface area contributed by atoms with Crippen molar-refractivity contribution in [3.8, 4) is 0 Å². The summed E-state index contributed by atoms with van der Waals surface area (Å²) in [5.41, 5.74) is -0.384. The molecule has 1 aromatic rings. The summed E-state index contributed by atoms with van der Waals surface area (Å²) in [4.78, 5) is 18.3. The molecule has 0 fully saturated rings. The van der Waals surface area contributed by atoms with Gasteiger partial charge in [-0.05, 0) is 18.5 Å². The Balaban J connectivity index is 2.68. The molecule has 0 saturated heterocycles. The van der Waals surface area contributed by atoms with E-state index in [0.29, 0.717) is 0 Å². The van der Waals surface area contributed by atoms with E-state index in [2.05, 4.69) is 15.3 Å². The van der Waals surface area contributed by atoms with Crippen molar-refractivity contribution in [2.45, 2.75) is 19.1 Å². The Labute approximate surface area is 136 Å². The topological polar surface area (TPSA) is 105 Å². The van der Waals surface area contributed by atoms with E-state index in [4.69, 9.17) is 44.6 Å². The molecule has 1 heterocycles. The van der Waals surface area contributed by atoms with Crippen LogP contribution in [0.3, 0.4) is 0 Å². The molecule has 0 bridgehead atoms. The maximum absolute atomic E-state index is 11.0. The zero-order valence-electron chi connectivity index (χ0n) is 11.0. The van der Waals surface area contributed by atoms with Gasteiger partial charge < -0.3 is 20.3 Å². The van der Waals surface area contributed by atoms with E-state index >= 15 is 0 Å². The number of halogens is 3. The highest BCUT2D eigenvalue weighted by molar-refractivity contribution is 6.36. The number of nitrogens with zero attached hydrogens (tertiary/aromatic N) is 2. The lowest BCUT2D eigenvalue weighted by atomic mass is 10.3. The van der Waals surface area contributed by atoms with Gasteiger partial charge in [0.05, 0.1) is 25.2 Å². The van der Waals surface area contributed by atoms with Crippen LogP contribution in [-0.4, -0.2) is 57.4 Å². The van der Waals surface area contributed by atoms with Crippen molar-refractivity contribution >= 4 is 46.6 Å². The van der Waals surface area contributed by atoms with Gasteiger partial charge >= 0.3 is 5.97 Å². The fourth-order valence-electron chi connectivity index (χ4n) is 1.36. The van der Waals surface area contributed by atoms with Gasteiger partial charge in [0.2, 0.25) is 5.28 Å². The monoisotopic (exact) mass is 357 g/mol. The molecular formula is C11H14Cl3N3O4. The number of rotatable bonds is 8. The van der Waals surface area contributed by atoms with Crippen LogP contribution in [0.5, 0.6) is 0 Å². The van der Waals surface area contributed by atoms with Crippen LogP contribution in [0, 0.1) is 0 Å². The number of nitrogens with one attached hydrogen (secondary N) is 1. The molecule has 0 aromatic carbocycles. The minimum absolute atomic E-state index is 0.0805. The lowest BCUT2D eigenvalue weighted by Crippen LogP contribution is -2.26. The first-order valence-electron chi connectivity index (χ1n) is 5.89. The van der Waals surface area contributed by atoms with Crippen molar-refractivity contribution in [2.24, 2.45) is 0 Å². The summed E-state index contributed by atoms with van der Waals surface area (Å²) in [7, 11) is 0. The largest absolute Gasteiger partial charge is 0.476 e. The number of hydrogen-bond acceptors (Lipinski definition) is 6. The Morgan fingerprint density at radius 2 is 2.05 bits per heavy atom. The van der Waals surface area contributed by atoms with Crippen LogP contribution >= 0.6 is 34.8 Å². The number of ether oxygens (including phenoxy) is 1. The van der Waals surface area contributed by atoms with E-state index in [9.17, 15) is 9.90 Å². The van der Waals surface area contributed by atoms with Crippen molar-refractivity contribution in [3.05, 3.63) is 16.0 Å². The molecule has 1 rings (SSSR count). The molecule has 10 heteroatoms. The number of carboxylic acid groups (broad SMARTS) is 1. The molecule has 118 valence electrons. The average molecular weight is 359 g/mol. The number of carboxylic acids is 1. The van der Waals surface area contributed by atoms with Crippen LogP contribution in [0.15, 0.2) is 0 Å². The van der Waals surface area contributed by atoms with Gasteiger partial charge in [-0.25, -0.2) is 9.78 Å². The lowest BCUT2D eigenvalue weighted by molar-refractivity contribution is 0.0453. The summed E-state index contributed by atoms with van der Waals surface area (Å²) >= 11 is 17.0. The minimum atomic E-state index is -1.30. The highest BCUT2D eigenvalue weighted by atomic mass is 35.5. The molecule has 0 aliphatic rings. The van der Waals surface area contributed by atoms with Crippen LogP contribution < -0.4 is 5.32 Å². The van der Waals surface area contributed by atoms with Gasteiger partial charge in [0.15, 0.2) is 11.5 Å². The number of anilines is 1. The first-order chi connectivity index (χ1) is 9.85. The maximum atomic E-state index is 11.0. The molecule has 21 heavy (non-hydrogen) atoms. The third-order valence-electron chi connectivity index (χ3n) is 2.27. The molecule has 1 aromatic heterocycles. The predicted octanol–water partition coefficient (Wildman–Crippen LogP) is 1.90. The van der Waals surface area contributed by atoms with Crippen molar-refractivity contribution in [3.63, 3.8) is 0 Å². The predicted molar refractivity (Wildman–Crippen MR) is 79.6 cm³/mol. The molecule has 0 saturated carbocycles. The number of aliphatic hydroxyl groups is 1. The van der Waals surface area contributed by atoms with Crippen LogP contribution in [0.25, 0.3) is 0 Å². The summed E-state index contributed by atoms with van der Waals surface area (Å²) in [6.45, 7) is 2.09. The Morgan fingerprint density at radius 3 is 2.62 bits per heavy atom. The molecular weight excluding hydrogens is 344 g/mol. The Morgan fingerprint density at radius 1 is 1.38 bits per heavy atom. The number of hydrogen-bond donors (Lipinski definition) is 3. The maximum Gasteiger partial charge on any atom is 0.356 e. The van der Waals surface area contributed by atoms with Crippen LogP contribution in [0.2, 0.25) is 10.3 Å². The Hall–Kier alpha value is -0.860. The molecule has 0 amide bonds. The smallest absolute Gasteiger partial charge is 0.356 e. The number of aliphatic hydroxyl groups excluding tert-OH is 1. The fraction of sp³-hybridized carbons (Fsp3) is 0.545. The van der Waals surface area contributed by atoms with E-state index in [0.717, 1.165) is 0 Å². The molecule has 0 spiro atoms. The SMILES string of the molecule is C[C@H](COCC(O)CCl)Nc1nc(Cl)nc(C(=O)O)c1Cl. The second kappa shape index (κ2) is 8.55. The van der Waals surface area contributed by atoms with Gasteiger partial charge in [0, 0.05) is 6.04 Å². The van der Waals surface area contributed by atoms with Gasteiger partial charge in [-0.2, -0.15) is 4.98 Å². The molecule has 1 unspecified atom stereocenters. The number of aromatic nitrogens is 2. The zero-order chi connectivity index (χ0) is 16.0. The van der Waals surface area contributed by atoms with Crippen molar-refractivity contribution in [1.82, 2.24) is 9.97 Å². The number of carbonyl (C=O) groups is 1. The van der Waals surface area contributed by atoms with Crippen molar-refractivity contribution in [1.29, 1.82) is 0 Å². The van der Waals surface area contributed by atoms with Crippen LogP contribution in [-0.2, 0) is 4.74 Å². The van der Waals surface area contributed by atoms with Gasteiger partial charge in [-0.3, -0.25) is 0 Å². The van der Waals surface area contributed by atoms with Gasteiger partial charge in [-0.1, -0.05) is 11.6 Å². The molecule has 0 radical (unpaired) electrons. The standard InChI is InChI=1S/C11H14Cl3N3O4/c1-5(3-21-4-6(18)2-12)15-9-7(13)8(10(19)20)16-11(14)17-9/h5-6,18H,2-4H2,1H3,(H,19,20)(H,15,16,17)/t5-,6?/m1/s1. The fourth-order valence-corrected chi connectivity index (χ4v) is 1.84. The van der Waals surface area contributed by atoms with Gasteiger partial charge in [-0.15, -0.1) is 11.6 Å². The minimum Gasteiger partial charge on any atom is -0.476 e. The summed E-state index contributed by atoms with van der Waals surface area (Å²) in [6.07, 6.45) is -0.741. The third-order valence-corrected chi connectivity index (χ3v) is 3.15. The summed E-state index contributed by atoms with van der Waals surface area (Å²) in [5, 5.41) is 20.7. The van der Waals surface area contributed by atoms with E-state index in [-0.39, 0.29) is 47.0 Å². The highest BCUT2D eigenvalue weighted by Crippen LogP contribution is 2.25. The number of aromatic carboxylic acids is 1. The average Bonchev–Trinajstić information content (AvgIpc) is 2.41. The first-order valence-corrected chi connectivity index (χ1v) is 7.18. The zero-order valence-corrected chi connectivity index (χ0v) is 13.3. The second-order valence-corrected chi connectivity index (χ2v) is 5.22. The highest BCUT2D eigenvalue weighted by Gasteiger charge is 2.18. The quantitative estimate of drug-likeness (QED) is 0.481. The lowest BCUT2D eigenvalue weighted by Gasteiger charge is -2.17. The van der Waals surface area contributed by atoms with Crippen molar-refractivity contribution in [2.75, 3.05) is 24.4 Å². The van der Waals surface area contributed by atoms with Gasteiger partial charge in [0.25, 0.3) is 0 Å². The summed E-state index contributed by atoms with van der Waals surface area (Å²) in [6, 6.07) is -0.252. The summed E-state index contributed by atoms with van der Waals surface area (Å²) in [5.74, 6) is -1.12. The van der Waals surface area contributed by atoms with E-state index in [1.807, 2.05) is 0 Å². The van der Waals surface area contributed by atoms with Crippen molar-refractivity contribution < 1.29 is 19.7 Å². The normalized spacial score (nSPS) is 13.8. The Kier molecular flexibility index (Phi) is 7.41. The molecule has 0 aliphatic heterocycles.